The van der Waals surface area contributed by atoms with E-state index in [1.54, 1.807) is 11.8 Å². The maximum absolute atomic E-state index is 13.2. The number of aromatic nitrogens is 2. The number of hydrogen-bond donors (Lipinski definition) is 1. The zero-order valence-corrected chi connectivity index (χ0v) is 22.8. The van der Waals surface area contributed by atoms with Crippen molar-refractivity contribution in [2.45, 2.75) is 46.5 Å². The molecule has 3 rings (SSSR count). The molecule has 0 aliphatic rings. The number of nitro benzene ring substituents is 1. The fraction of sp³-hybridized carbons (Fsp3) is 0.393. The van der Waals surface area contributed by atoms with Gasteiger partial charge in [-0.1, -0.05) is 38.5 Å². The summed E-state index contributed by atoms with van der Waals surface area (Å²) in [7, 11) is 1.57. The summed E-state index contributed by atoms with van der Waals surface area (Å²) in [6, 6.07) is 13.2. The first-order valence-electron chi connectivity index (χ1n) is 12.4. The summed E-state index contributed by atoms with van der Waals surface area (Å²) in [6.07, 6.45) is 0.525. The minimum atomic E-state index is -0.525. The van der Waals surface area contributed by atoms with Crippen LogP contribution >= 0.6 is 0 Å². The molecule has 0 saturated carbocycles. The molecule has 10 heteroatoms. The van der Waals surface area contributed by atoms with Gasteiger partial charge in [0.1, 0.15) is 12.4 Å². The molecule has 0 radical (unpaired) electrons. The normalized spacial score (nSPS) is 11.3. The standard InChI is InChI=1S/C28H35N5O5/c1-19-8-13-23(20(2)16-19)32-25(17-24(30-32)28(3,4)5)29-26(34)18-31(14-7-15-38-6)27(35)21-9-11-22(12-10-21)33(36)37/h8-13,16-17H,7,14-15,18H2,1-6H3,(H,29,34). The highest BCUT2D eigenvalue weighted by Gasteiger charge is 2.24. The molecule has 3 aromatic rings. The molecule has 38 heavy (non-hydrogen) atoms. The number of nitrogens with zero attached hydrogens (tertiary/aromatic N) is 4. The molecule has 10 nitrogen and oxygen atoms in total. The summed E-state index contributed by atoms with van der Waals surface area (Å²) in [4.78, 5) is 38.3. The second-order valence-electron chi connectivity index (χ2n) is 10.3. The number of non-ortho nitro benzene ring substituents is 1. The fourth-order valence-corrected chi connectivity index (χ4v) is 3.98. The van der Waals surface area contributed by atoms with Crippen LogP contribution in [0.5, 0.6) is 0 Å². The average molecular weight is 522 g/mol. The van der Waals surface area contributed by atoms with E-state index in [4.69, 9.17) is 9.84 Å². The number of ether oxygens (including phenoxy) is 1. The second kappa shape index (κ2) is 12.0. The van der Waals surface area contributed by atoms with E-state index < -0.39 is 10.8 Å². The highest BCUT2D eigenvalue weighted by atomic mass is 16.6. The van der Waals surface area contributed by atoms with Crippen molar-refractivity contribution >= 4 is 23.3 Å². The first-order chi connectivity index (χ1) is 17.9. The van der Waals surface area contributed by atoms with Crippen molar-refractivity contribution in [3.05, 3.63) is 81.0 Å². The molecular formula is C28H35N5O5. The van der Waals surface area contributed by atoms with Crippen molar-refractivity contribution < 1.29 is 19.2 Å². The maximum Gasteiger partial charge on any atom is 0.269 e. The zero-order valence-electron chi connectivity index (χ0n) is 22.8. The van der Waals surface area contributed by atoms with Crippen LogP contribution in [0.25, 0.3) is 5.69 Å². The molecule has 0 fully saturated rings. The Labute approximate surface area is 222 Å². The molecule has 0 unspecified atom stereocenters. The molecule has 2 aromatic carbocycles. The van der Waals surface area contributed by atoms with Gasteiger partial charge in [0.15, 0.2) is 0 Å². The van der Waals surface area contributed by atoms with E-state index in [1.165, 1.54) is 29.2 Å². The van der Waals surface area contributed by atoms with Gasteiger partial charge in [-0.05, 0) is 44.0 Å². The fourth-order valence-electron chi connectivity index (χ4n) is 3.98. The third-order valence-electron chi connectivity index (χ3n) is 6.05. The van der Waals surface area contributed by atoms with Crippen LogP contribution < -0.4 is 5.32 Å². The number of rotatable bonds is 10. The number of anilines is 1. The van der Waals surface area contributed by atoms with Crippen LogP contribution in [0, 0.1) is 24.0 Å². The Balaban J connectivity index is 1.87. The number of carbonyl (C=O) groups is 2. The smallest absolute Gasteiger partial charge is 0.269 e. The molecule has 0 aliphatic heterocycles. The van der Waals surface area contributed by atoms with Gasteiger partial charge in [-0.3, -0.25) is 19.7 Å². The van der Waals surface area contributed by atoms with Gasteiger partial charge >= 0.3 is 0 Å². The third kappa shape index (κ3) is 7.04. The third-order valence-corrected chi connectivity index (χ3v) is 6.05. The number of methoxy groups -OCH3 is 1. The van der Waals surface area contributed by atoms with E-state index in [9.17, 15) is 19.7 Å². The van der Waals surface area contributed by atoms with Gasteiger partial charge < -0.3 is 15.0 Å². The Morgan fingerprint density at radius 1 is 1.11 bits per heavy atom. The SMILES string of the molecule is COCCCN(CC(=O)Nc1cc(C(C)(C)C)nn1-c1ccc(C)cc1C)C(=O)c1ccc([N+](=O)[O-])cc1. The molecule has 2 amide bonds. The van der Waals surface area contributed by atoms with E-state index >= 15 is 0 Å². The Morgan fingerprint density at radius 3 is 2.37 bits per heavy atom. The van der Waals surface area contributed by atoms with Crippen molar-refractivity contribution in [3.8, 4) is 5.69 Å². The number of hydrogen-bond acceptors (Lipinski definition) is 6. The van der Waals surface area contributed by atoms with E-state index in [0.717, 1.165) is 22.5 Å². The maximum atomic E-state index is 13.2. The Hall–Kier alpha value is -4.05. The molecule has 0 bridgehead atoms. The molecule has 1 aromatic heterocycles. The number of carbonyl (C=O) groups excluding carboxylic acids is 2. The summed E-state index contributed by atoms with van der Waals surface area (Å²) in [5.41, 5.74) is 3.69. The molecule has 0 aliphatic carbocycles. The molecular weight excluding hydrogens is 486 g/mol. The van der Waals surface area contributed by atoms with E-state index in [0.29, 0.717) is 18.8 Å². The monoisotopic (exact) mass is 521 g/mol. The lowest BCUT2D eigenvalue weighted by Crippen LogP contribution is -2.39. The van der Waals surface area contributed by atoms with Crippen molar-refractivity contribution in [3.63, 3.8) is 0 Å². The quantitative estimate of drug-likeness (QED) is 0.232. The molecule has 202 valence electrons. The van der Waals surface area contributed by atoms with Gasteiger partial charge in [-0.2, -0.15) is 5.10 Å². The Bertz CT molecular complexity index is 1310. The van der Waals surface area contributed by atoms with Crippen molar-refractivity contribution in [2.75, 3.05) is 32.1 Å². The molecule has 0 saturated heterocycles. The van der Waals surface area contributed by atoms with Gasteiger partial charge in [0.2, 0.25) is 5.91 Å². The topological polar surface area (TPSA) is 120 Å². The lowest BCUT2D eigenvalue weighted by molar-refractivity contribution is -0.384. The van der Waals surface area contributed by atoms with E-state index in [1.807, 2.05) is 52.8 Å². The molecule has 0 spiro atoms. The van der Waals surface area contributed by atoms with Crippen LogP contribution in [0.2, 0.25) is 0 Å². The Kier molecular flexibility index (Phi) is 9.00. The largest absolute Gasteiger partial charge is 0.385 e. The van der Waals surface area contributed by atoms with Crippen LogP contribution in [0.15, 0.2) is 48.5 Å². The van der Waals surface area contributed by atoms with Gasteiger partial charge in [-0.25, -0.2) is 4.68 Å². The second-order valence-corrected chi connectivity index (χ2v) is 10.3. The Morgan fingerprint density at radius 2 is 1.79 bits per heavy atom. The molecule has 1 heterocycles. The van der Waals surface area contributed by atoms with Crippen LogP contribution in [0.3, 0.4) is 0 Å². The van der Waals surface area contributed by atoms with Crippen molar-refractivity contribution in [2.24, 2.45) is 0 Å². The highest BCUT2D eigenvalue weighted by molar-refractivity contribution is 5.99. The summed E-state index contributed by atoms with van der Waals surface area (Å²) >= 11 is 0. The summed E-state index contributed by atoms with van der Waals surface area (Å²) in [6.45, 7) is 10.6. The average Bonchev–Trinajstić information content (AvgIpc) is 3.27. The number of nitrogens with one attached hydrogen (secondary N) is 1. The minimum absolute atomic E-state index is 0.112. The predicted molar refractivity (Wildman–Crippen MR) is 146 cm³/mol. The summed E-state index contributed by atoms with van der Waals surface area (Å²) in [5.74, 6) is -0.278. The van der Waals surface area contributed by atoms with Crippen molar-refractivity contribution in [1.29, 1.82) is 0 Å². The summed E-state index contributed by atoms with van der Waals surface area (Å²) < 4.78 is 6.84. The van der Waals surface area contributed by atoms with Crippen LogP contribution in [0.1, 0.15) is 54.4 Å². The van der Waals surface area contributed by atoms with Gasteiger partial charge in [0.25, 0.3) is 11.6 Å². The number of benzene rings is 2. The van der Waals surface area contributed by atoms with Crippen LogP contribution in [-0.4, -0.2) is 58.2 Å². The first-order valence-corrected chi connectivity index (χ1v) is 12.4. The number of aryl methyl sites for hydroxylation is 2. The minimum Gasteiger partial charge on any atom is -0.385 e. The van der Waals surface area contributed by atoms with Gasteiger partial charge in [-0.15, -0.1) is 0 Å². The van der Waals surface area contributed by atoms with Gasteiger partial charge in [0, 0.05) is 49.4 Å². The molecule has 1 N–H and O–H groups in total. The lowest BCUT2D eigenvalue weighted by Gasteiger charge is -2.22. The molecule has 0 atom stereocenters. The summed E-state index contributed by atoms with van der Waals surface area (Å²) in [5, 5.41) is 18.7. The van der Waals surface area contributed by atoms with E-state index in [-0.39, 0.29) is 35.7 Å². The predicted octanol–water partition coefficient (Wildman–Crippen LogP) is 4.81. The van der Waals surface area contributed by atoms with Crippen LogP contribution in [0.4, 0.5) is 11.5 Å². The first kappa shape index (κ1) is 28.5. The highest BCUT2D eigenvalue weighted by Crippen LogP contribution is 2.28. The lowest BCUT2D eigenvalue weighted by atomic mass is 9.92. The number of amides is 2. The number of nitro groups is 1. The zero-order chi connectivity index (χ0) is 28.0. The van der Waals surface area contributed by atoms with E-state index in [2.05, 4.69) is 11.4 Å². The van der Waals surface area contributed by atoms with Crippen molar-refractivity contribution in [1.82, 2.24) is 14.7 Å². The van der Waals surface area contributed by atoms with Crippen LogP contribution in [-0.2, 0) is 14.9 Å². The van der Waals surface area contributed by atoms with Gasteiger partial charge in [0.05, 0.1) is 16.3 Å².